The molecule has 86 valence electrons. The van der Waals surface area contributed by atoms with E-state index in [2.05, 4.69) is 10.3 Å². The maximum absolute atomic E-state index is 11.7. The van der Waals surface area contributed by atoms with E-state index >= 15 is 0 Å². The summed E-state index contributed by atoms with van der Waals surface area (Å²) >= 11 is 0. The zero-order valence-corrected chi connectivity index (χ0v) is 9.08. The van der Waals surface area contributed by atoms with Crippen molar-refractivity contribution in [2.45, 2.75) is 6.10 Å². The molecule has 0 saturated heterocycles. The highest BCUT2D eigenvalue weighted by Crippen LogP contribution is 2.14. The number of carbonyl (C=O) groups is 1. The second-order valence-corrected chi connectivity index (χ2v) is 3.54. The summed E-state index contributed by atoms with van der Waals surface area (Å²) in [6, 6.07) is 12.1. The molecule has 0 aliphatic heterocycles. The number of aliphatic hydroxyl groups is 1. The van der Waals surface area contributed by atoms with Gasteiger partial charge in [0.1, 0.15) is 0 Å². The SMILES string of the molecule is O=C(Nc1ccncc1)C(O)c1ccccc1. The topological polar surface area (TPSA) is 62.2 Å². The third-order valence-corrected chi connectivity index (χ3v) is 2.31. The van der Waals surface area contributed by atoms with Gasteiger partial charge in [-0.15, -0.1) is 0 Å². The molecular weight excluding hydrogens is 216 g/mol. The number of nitrogens with zero attached hydrogens (tertiary/aromatic N) is 1. The summed E-state index contributed by atoms with van der Waals surface area (Å²) in [5, 5.41) is 12.4. The van der Waals surface area contributed by atoms with E-state index in [0.29, 0.717) is 11.3 Å². The van der Waals surface area contributed by atoms with Crippen molar-refractivity contribution in [2.24, 2.45) is 0 Å². The summed E-state index contributed by atoms with van der Waals surface area (Å²) in [4.78, 5) is 15.6. The minimum absolute atomic E-state index is 0.456. The molecule has 1 amide bonds. The number of carbonyl (C=O) groups excluding carboxylic acids is 1. The van der Waals surface area contributed by atoms with Crippen LogP contribution < -0.4 is 5.32 Å². The highest BCUT2D eigenvalue weighted by atomic mass is 16.3. The minimum atomic E-state index is -1.16. The van der Waals surface area contributed by atoms with Crippen LogP contribution >= 0.6 is 0 Å². The molecule has 0 aliphatic rings. The fourth-order valence-corrected chi connectivity index (χ4v) is 1.43. The zero-order valence-electron chi connectivity index (χ0n) is 9.08. The van der Waals surface area contributed by atoms with Gasteiger partial charge in [-0.05, 0) is 17.7 Å². The van der Waals surface area contributed by atoms with E-state index in [1.54, 1.807) is 48.8 Å². The number of pyridine rings is 1. The van der Waals surface area contributed by atoms with Gasteiger partial charge in [0.25, 0.3) is 5.91 Å². The van der Waals surface area contributed by atoms with Crippen LogP contribution in [0.25, 0.3) is 0 Å². The lowest BCUT2D eigenvalue weighted by atomic mass is 10.1. The monoisotopic (exact) mass is 228 g/mol. The van der Waals surface area contributed by atoms with Crippen molar-refractivity contribution in [2.75, 3.05) is 5.32 Å². The lowest BCUT2D eigenvalue weighted by molar-refractivity contribution is -0.124. The number of hydrogen-bond acceptors (Lipinski definition) is 3. The molecule has 0 fully saturated rings. The first kappa shape index (κ1) is 11.3. The molecule has 0 bridgehead atoms. The first-order chi connectivity index (χ1) is 8.27. The van der Waals surface area contributed by atoms with E-state index < -0.39 is 12.0 Å². The molecule has 1 aromatic carbocycles. The smallest absolute Gasteiger partial charge is 0.257 e. The molecule has 1 unspecified atom stereocenters. The summed E-state index contributed by atoms with van der Waals surface area (Å²) in [5.41, 5.74) is 1.18. The van der Waals surface area contributed by atoms with Crippen LogP contribution in [0.2, 0.25) is 0 Å². The summed E-state index contributed by atoms with van der Waals surface area (Å²) in [7, 11) is 0. The zero-order chi connectivity index (χ0) is 12.1. The number of nitrogens with one attached hydrogen (secondary N) is 1. The van der Waals surface area contributed by atoms with Crippen LogP contribution in [0.3, 0.4) is 0 Å². The molecule has 4 heteroatoms. The van der Waals surface area contributed by atoms with Crippen LogP contribution in [0.4, 0.5) is 5.69 Å². The lowest BCUT2D eigenvalue weighted by Crippen LogP contribution is -2.20. The molecule has 2 N–H and O–H groups in total. The Balaban J connectivity index is 2.06. The Labute approximate surface area is 98.9 Å². The highest BCUT2D eigenvalue weighted by Gasteiger charge is 2.16. The average Bonchev–Trinajstić information content (AvgIpc) is 2.40. The Morgan fingerprint density at radius 3 is 2.41 bits per heavy atom. The van der Waals surface area contributed by atoms with Crippen molar-refractivity contribution in [1.82, 2.24) is 4.98 Å². The van der Waals surface area contributed by atoms with Crippen LogP contribution in [-0.4, -0.2) is 16.0 Å². The predicted octanol–water partition coefficient (Wildman–Crippen LogP) is 1.75. The van der Waals surface area contributed by atoms with E-state index in [-0.39, 0.29) is 0 Å². The fraction of sp³-hybridized carbons (Fsp3) is 0.0769. The van der Waals surface area contributed by atoms with Gasteiger partial charge in [-0.25, -0.2) is 0 Å². The summed E-state index contributed by atoms with van der Waals surface area (Å²) in [6.07, 6.45) is 1.99. The molecule has 0 aliphatic carbocycles. The number of rotatable bonds is 3. The van der Waals surface area contributed by atoms with E-state index in [1.165, 1.54) is 0 Å². The van der Waals surface area contributed by atoms with Gasteiger partial charge < -0.3 is 10.4 Å². The number of aromatic nitrogens is 1. The van der Waals surface area contributed by atoms with Crippen molar-refractivity contribution in [3.05, 3.63) is 60.4 Å². The third kappa shape index (κ3) is 2.89. The van der Waals surface area contributed by atoms with Gasteiger partial charge in [-0.1, -0.05) is 30.3 Å². The molecule has 2 rings (SSSR count). The van der Waals surface area contributed by atoms with Crippen LogP contribution in [0.15, 0.2) is 54.9 Å². The molecule has 2 aromatic rings. The van der Waals surface area contributed by atoms with Gasteiger partial charge in [0.05, 0.1) is 0 Å². The van der Waals surface area contributed by atoms with Crippen molar-refractivity contribution in [1.29, 1.82) is 0 Å². The van der Waals surface area contributed by atoms with E-state index in [0.717, 1.165) is 0 Å². The molecule has 1 aromatic heterocycles. The normalized spacial score (nSPS) is 11.8. The highest BCUT2D eigenvalue weighted by molar-refractivity contribution is 5.94. The fourth-order valence-electron chi connectivity index (χ4n) is 1.43. The second kappa shape index (κ2) is 5.23. The Bertz CT molecular complexity index is 485. The van der Waals surface area contributed by atoms with E-state index in [1.807, 2.05) is 6.07 Å². The van der Waals surface area contributed by atoms with Crippen LogP contribution in [0.5, 0.6) is 0 Å². The van der Waals surface area contributed by atoms with E-state index in [4.69, 9.17) is 0 Å². The van der Waals surface area contributed by atoms with Gasteiger partial charge in [-0.2, -0.15) is 0 Å². The van der Waals surface area contributed by atoms with Crippen LogP contribution in [0.1, 0.15) is 11.7 Å². The molecular formula is C13H12N2O2. The number of hydrogen-bond donors (Lipinski definition) is 2. The molecule has 1 heterocycles. The summed E-state index contributed by atoms with van der Waals surface area (Å²) in [6.45, 7) is 0. The first-order valence-corrected chi connectivity index (χ1v) is 5.21. The maximum atomic E-state index is 11.7. The number of aliphatic hydroxyl groups excluding tert-OH is 1. The summed E-state index contributed by atoms with van der Waals surface area (Å²) in [5.74, 6) is -0.456. The molecule has 0 spiro atoms. The van der Waals surface area contributed by atoms with Gasteiger partial charge in [0, 0.05) is 18.1 Å². The first-order valence-electron chi connectivity index (χ1n) is 5.21. The Morgan fingerprint density at radius 2 is 1.76 bits per heavy atom. The van der Waals surface area contributed by atoms with Crippen molar-refractivity contribution in [3.63, 3.8) is 0 Å². The van der Waals surface area contributed by atoms with E-state index in [9.17, 15) is 9.90 Å². The molecule has 0 saturated carbocycles. The Kier molecular flexibility index (Phi) is 3.47. The molecule has 1 atom stereocenters. The van der Waals surface area contributed by atoms with Gasteiger partial charge in [0.15, 0.2) is 6.10 Å². The lowest BCUT2D eigenvalue weighted by Gasteiger charge is -2.11. The van der Waals surface area contributed by atoms with Crippen molar-refractivity contribution >= 4 is 11.6 Å². The standard InChI is InChI=1S/C13H12N2O2/c16-12(10-4-2-1-3-5-10)13(17)15-11-6-8-14-9-7-11/h1-9,12,16H,(H,14,15,17). The summed E-state index contributed by atoms with van der Waals surface area (Å²) < 4.78 is 0. The van der Waals surface area contributed by atoms with Gasteiger partial charge in [-0.3, -0.25) is 9.78 Å². The van der Waals surface area contributed by atoms with Crippen molar-refractivity contribution < 1.29 is 9.90 Å². The van der Waals surface area contributed by atoms with Gasteiger partial charge in [0.2, 0.25) is 0 Å². The largest absolute Gasteiger partial charge is 0.378 e. The Morgan fingerprint density at radius 1 is 1.12 bits per heavy atom. The average molecular weight is 228 g/mol. The molecule has 4 nitrogen and oxygen atoms in total. The second-order valence-electron chi connectivity index (χ2n) is 3.54. The van der Waals surface area contributed by atoms with Crippen LogP contribution in [-0.2, 0) is 4.79 Å². The van der Waals surface area contributed by atoms with Gasteiger partial charge >= 0.3 is 0 Å². The number of amides is 1. The third-order valence-electron chi connectivity index (χ3n) is 2.31. The molecule has 17 heavy (non-hydrogen) atoms. The predicted molar refractivity (Wildman–Crippen MR) is 64.3 cm³/mol. The number of anilines is 1. The molecule has 0 radical (unpaired) electrons. The Hall–Kier alpha value is -2.20. The van der Waals surface area contributed by atoms with Crippen LogP contribution in [0, 0.1) is 0 Å². The quantitative estimate of drug-likeness (QED) is 0.841. The maximum Gasteiger partial charge on any atom is 0.257 e. The van der Waals surface area contributed by atoms with Crippen molar-refractivity contribution in [3.8, 4) is 0 Å². The minimum Gasteiger partial charge on any atom is -0.378 e. The number of benzene rings is 1.